The largest absolute Gasteiger partial charge is 0.367 e. The van der Waals surface area contributed by atoms with Gasteiger partial charge in [0, 0.05) is 17.8 Å². The van der Waals surface area contributed by atoms with Crippen LogP contribution in [0, 0.1) is 6.92 Å². The van der Waals surface area contributed by atoms with Crippen molar-refractivity contribution in [2.45, 2.75) is 45.1 Å². The number of aryl methyl sites for hydroxylation is 1. The van der Waals surface area contributed by atoms with Crippen molar-refractivity contribution in [2.24, 2.45) is 0 Å². The van der Waals surface area contributed by atoms with Gasteiger partial charge in [-0.3, -0.25) is 4.79 Å². The van der Waals surface area contributed by atoms with Crippen molar-refractivity contribution < 1.29 is 4.79 Å². The fourth-order valence-electron chi connectivity index (χ4n) is 2.93. The van der Waals surface area contributed by atoms with E-state index in [4.69, 9.17) is 0 Å². The molecule has 0 saturated heterocycles. The van der Waals surface area contributed by atoms with Crippen molar-refractivity contribution in [1.29, 1.82) is 0 Å². The van der Waals surface area contributed by atoms with Gasteiger partial charge in [0.05, 0.1) is 0 Å². The Morgan fingerprint density at radius 1 is 1.09 bits per heavy atom. The Morgan fingerprint density at radius 3 is 2.57 bits per heavy atom. The molecule has 3 rings (SSSR count). The molecule has 1 heterocycles. The lowest BCUT2D eigenvalue weighted by molar-refractivity contribution is 0.102. The maximum Gasteiger partial charge on any atom is 0.274 e. The normalized spacial score (nSPS) is 15.2. The van der Waals surface area contributed by atoms with E-state index in [1.807, 2.05) is 37.3 Å². The molecule has 5 nitrogen and oxygen atoms in total. The van der Waals surface area contributed by atoms with E-state index in [0.29, 0.717) is 17.6 Å². The molecule has 2 N–H and O–H groups in total. The van der Waals surface area contributed by atoms with Crippen LogP contribution in [0.25, 0.3) is 0 Å². The Bertz CT molecular complexity index is 666. The molecule has 1 aromatic carbocycles. The maximum absolute atomic E-state index is 12.4. The number of nitrogens with one attached hydrogen (secondary N) is 2. The summed E-state index contributed by atoms with van der Waals surface area (Å²) < 4.78 is 0. The number of hydrogen-bond donors (Lipinski definition) is 2. The molecule has 1 aliphatic carbocycles. The van der Waals surface area contributed by atoms with E-state index in [0.717, 1.165) is 24.3 Å². The summed E-state index contributed by atoms with van der Waals surface area (Å²) in [5, 5.41) is 6.31. The van der Waals surface area contributed by atoms with Crippen LogP contribution < -0.4 is 10.6 Å². The van der Waals surface area contributed by atoms with E-state index in [1.165, 1.54) is 19.3 Å². The summed E-state index contributed by atoms with van der Waals surface area (Å²) in [5.74, 6) is 1.13. The highest BCUT2D eigenvalue weighted by atomic mass is 16.1. The van der Waals surface area contributed by atoms with Gasteiger partial charge >= 0.3 is 0 Å². The van der Waals surface area contributed by atoms with Gasteiger partial charge in [-0.05, 0) is 31.9 Å². The number of aromatic nitrogens is 2. The van der Waals surface area contributed by atoms with Gasteiger partial charge in [-0.2, -0.15) is 0 Å². The summed E-state index contributed by atoms with van der Waals surface area (Å²) in [6.45, 7) is 1.81. The van der Waals surface area contributed by atoms with Crippen LogP contribution in [0.2, 0.25) is 0 Å². The summed E-state index contributed by atoms with van der Waals surface area (Å²) in [5.41, 5.74) is 1.15. The standard InChI is InChI=1S/C18H22N4O/c1-13-19-16(18(23)22-15-10-6-3-7-11-15)12-17(20-13)21-14-8-4-2-5-9-14/h3,6-7,10-12,14H,2,4-5,8-9H2,1H3,(H,22,23)(H,19,20,21). The Hall–Kier alpha value is -2.43. The molecule has 0 spiro atoms. The fraction of sp³-hybridized carbons (Fsp3) is 0.389. The lowest BCUT2D eigenvalue weighted by Crippen LogP contribution is -2.24. The SMILES string of the molecule is Cc1nc(NC2CCCCC2)cc(C(=O)Nc2ccccc2)n1. The van der Waals surface area contributed by atoms with Crippen LogP contribution in [-0.4, -0.2) is 21.9 Å². The monoisotopic (exact) mass is 310 g/mol. The van der Waals surface area contributed by atoms with Crippen molar-refractivity contribution in [1.82, 2.24) is 9.97 Å². The molecule has 2 aromatic rings. The Balaban J connectivity index is 1.72. The first-order valence-electron chi connectivity index (χ1n) is 8.19. The second kappa shape index (κ2) is 7.22. The van der Waals surface area contributed by atoms with Crippen LogP contribution in [0.3, 0.4) is 0 Å². The third-order valence-corrected chi connectivity index (χ3v) is 4.06. The molecule has 120 valence electrons. The molecule has 1 aliphatic rings. The molecular formula is C18H22N4O. The number of benzene rings is 1. The molecule has 0 bridgehead atoms. The van der Waals surface area contributed by atoms with Crippen molar-refractivity contribution in [3.63, 3.8) is 0 Å². The Kier molecular flexibility index (Phi) is 4.86. The average Bonchev–Trinajstić information content (AvgIpc) is 2.56. The van der Waals surface area contributed by atoms with E-state index >= 15 is 0 Å². The summed E-state index contributed by atoms with van der Waals surface area (Å²) >= 11 is 0. The fourth-order valence-corrected chi connectivity index (χ4v) is 2.93. The third-order valence-electron chi connectivity index (χ3n) is 4.06. The number of para-hydroxylation sites is 1. The van der Waals surface area contributed by atoms with Crippen LogP contribution in [0.5, 0.6) is 0 Å². The average molecular weight is 310 g/mol. The number of carbonyl (C=O) groups is 1. The number of rotatable bonds is 4. The summed E-state index contributed by atoms with van der Waals surface area (Å²) in [7, 11) is 0. The van der Waals surface area contributed by atoms with Crippen LogP contribution >= 0.6 is 0 Å². The van der Waals surface area contributed by atoms with Gasteiger partial charge in [0.2, 0.25) is 0 Å². The minimum absolute atomic E-state index is 0.214. The topological polar surface area (TPSA) is 66.9 Å². The van der Waals surface area contributed by atoms with E-state index in [9.17, 15) is 4.79 Å². The van der Waals surface area contributed by atoms with Crippen LogP contribution in [0.4, 0.5) is 11.5 Å². The number of carbonyl (C=O) groups excluding carboxylic acids is 1. The van der Waals surface area contributed by atoms with Gasteiger partial charge in [0.1, 0.15) is 17.3 Å². The second-order valence-electron chi connectivity index (χ2n) is 5.99. The zero-order chi connectivity index (χ0) is 16.1. The lowest BCUT2D eigenvalue weighted by atomic mass is 9.95. The van der Waals surface area contributed by atoms with Gasteiger partial charge in [0.25, 0.3) is 5.91 Å². The predicted molar refractivity (Wildman–Crippen MR) is 91.7 cm³/mol. The number of amides is 1. The number of anilines is 2. The van der Waals surface area contributed by atoms with Crippen molar-refractivity contribution in [3.8, 4) is 0 Å². The first-order valence-corrected chi connectivity index (χ1v) is 8.19. The molecule has 1 saturated carbocycles. The Morgan fingerprint density at radius 2 is 1.83 bits per heavy atom. The molecular weight excluding hydrogens is 288 g/mol. The predicted octanol–water partition coefficient (Wildman–Crippen LogP) is 3.78. The molecule has 0 unspecified atom stereocenters. The minimum Gasteiger partial charge on any atom is -0.367 e. The highest BCUT2D eigenvalue weighted by molar-refractivity contribution is 6.03. The van der Waals surface area contributed by atoms with Gasteiger partial charge in [-0.1, -0.05) is 37.5 Å². The highest BCUT2D eigenvalue weighted by Crippen LogP contribution is 2.21. The highest BCUT2D eigenvalue weighted by Gasteiger charge is 2.16. The number of nitrogens with zero attached hydrogens (tertiary/aromatic N) is 2. The van der Waals surface area contributed by atoms with E-state index in [-0.39, 0.29) is 5.91 Å². The molecule has 1 amide bonds. The minimum atomic E-state index is -0.214. The molecule has 23 heavy (non-hydrogen) atoms. The van der Waals surface area contributed by atoms with E-state index in [2.05, 4.69) is 20.6 Å². The zero-order valence-corrected chi connectivity index (χ0v) is 13.4. The molecule has 0 aliphatic heterocycles. The summed E-state index contributed by atoms with van der Waals surface area (Å²) in [6.07, 6.45) is 6.14. The third kappa shape index (κ3) is 4.28. The van der Waals surface area contributed by atoms with Crippen LogP contribution in [0.1, 0.15) is 48.4 Å². The van der Waals surface area contributed by atoms with Gasteiger partial charge in [0.15, 0.2) is 0 Å². The smallest absolute Gasteiger partial charge is 0.274 e. The molecule has 0 atom stereocenters. The van der Waals surface area contributed by atoms with Crippen molar-refractivity contribution >= 4 is 17.4 Å². The van der Waals surface area contributed by atoms with Crippen molar-refractivity contribution in [3.05, 3.63) is 47.9 Å². The summed E-state index contributed by atoms with van der Waals surface area (Å²) in [4.78, 5) is 21.1. The lowest BCUT2D eigenvalue weighted by Gasteiger charge is -2.23. The zero-order valence-electron chi connectivity index (χ0n) is 13.4. The van der Waals surface area contributed by atoms with E-state index < -0.39 is 0 Å². The summed E-state index contributed by atoms with van der Waals surface area (Å²) in [6, 6.07) is 11.6. The maximum atomic E-state index is 12.4. The molecule has 1 fully saturated rings. The van der Waals surface area contributed by atoms with Gasteiger partial charge < -0.3 is 10.6 Å². The van der Waals surface area contributed by atoms with Crippen molar-refractivity contribution in [2.75, 3.05) is 10.6 Å². The first kappa shape index (κ1) is 15.5. The Labute approximate surface area is 136 Å². The number of hydrogen-bond acceptors (Lipinski definition) is 4. The molecule has 1 aromatic heterocycles. The van der Waals surface area contributed by atoms with Crippen LogP contribution in [0.15, 0.2) is 36.4 Å². The first-order chi connectivity index (χ1) is 11.2. The molecule has 0 radical (unpaired) electrons. The van der Waals surface area contributed by atoms with Gasteiger partial charge in [-0.15, -0.1) is 0 Å². The molecule has 5 heteroatoms. The van der Waals surface area contributed by atoms with E-state index in [1.54, 1.807) is 6.07 Å². The van der Waals surface area contributed by atoms with Gasteiger partial charge in [-0.25, -0.2) is 9.97 Å². The second-order valence-corrected chi connectivity index (χ2v) is 5.99. The quantitative estimate of drug-likeness (QED) is 0.902. The van der Waals surface area contributed by atoms with Crippen LogP contribution in [-0.2, 0) is 0 Å².